The van der Waals surface area contributed by atoms with E-state index in [0.717, 1.165) is 10.8 Å². The lowest BCUT2D eigenvalue weighted by molar-refractivity contribution is 0.397. The molecular formula is C10H13ClN2O. The van der Waals surface area contributed by atoms with Gasteiger partial charge in [-0.1, -0.05) is 35.0 Å². The number of nitrogens with zero attached hydrogens (tertiary/aromatic N) is 1. The van der Waals surface area contributed by atoms with Gasteiger partial charge in [-0.05, 0) is 19.1 Å². The first-order valence-corrected chi connectivity index (χ1v) is 4.24. The van der Waals surface area contributed by atoms with E-state index >= 15 is 0 Å². The molecule has 0 aliphatic heterocycles. The van der Waals surface area contributed by atoms with Crippen LogP contribution in [0.15, 0.2) is 47.1 Å². The third-order valence-electron chi connectivity index (χ3n) is 1.30. The zero-order valence-electron chi connectivity index (χ0n) is 7.98. The van der Waals surface area contributed by atoms with E-state index in [1.54, 1.807) is 12.3 Å². The highest BCUT2D eigenvalue weighted by molar-refractivity contribution is 6.30. The predicted molar refractivity (Wildman–Crippen MR) is 57.7 cm³/mol. The summed E-state index contributed by atoms with van der Waals surface area (Å²) in [5.74, 6) is 0.856. The molecule has 1 aromatic heterocycles. The van der Waals surface area contributed by atoms with Crippen molar-refractivity contribution in [3.05, 3.63) is 53.4 Å². The molecule has 2 rings (SSSR count). The minimum absolute atomic E-state index is 0. The molecule has 0 aliphatic carbocycles. The largest absolute Gasteiger partial charge is 0.362 e. The van der Waals surface area contributed by atoms with Gasteiger partial charge in [0.25, 0.3) is 0 Å². The van der Waals surface area contributed by atoms with Crippen LogP contribution in [-0.4, -0.2) is 5.16 Å². The standard InChI is InChI=1S/C6H5Cl.C4H5NO.H3N/c7-6-4-2-1-3-5-6;1-4-2-3-5-6-4;/h1-5H;2-3H,1H3;1H3. The van der Waals surface area contributed by atoms with Gasteiger partial charge in [0.1, 0.15) is 5.76 Å². The summed E-state index contributed by atoms with van der Waals surface area (Å²) in [5.41, 5.74) is 0. The highest BCUT2D eigenvalue weighted by Crippen LogP contribution is 2.03. The Bertz CT molecular complexity index is 321. The van der Waals surface area contributed by atoms with Gasteiger partial charge in [-0.25, -0.2) is 0 Å². The Kier molecular flexibility index (Phi) is 6.45. The van der Waals surface area contributed by atoms with E-state index in [9.17, 15) is 0 Å². The number of benzene rings is 1. The van der Waals surface area contributed by atoms with Crippen LogP contribution in [0.25, 0.3) is 0 Å². The van der Waals surface area contributed by atoms with Crippen LogP contribution < -0.4 is 6.15 Å². The van der Waals surface area contributed by atoms with Crippen LogP contribution in [0.4, 0.5) is 0 Å². The molecule has 0 saturated heterocycles. The van der Waals surface area contributed by atoms with Crippen LogP contribution in [0.1, 0.15) is 5.76 Å². The number of hydrogen-bond donors (Lipinski definition) is 1. The van der Waals surface area contributed by atoms with Gasteiger partial charge in [-0.3, -0.25) is 0 Å². The van der Waals surface area contributed by atoms with E-state index in [1.807, 2.05) is 37.3 Å². The monoisotopic (exact) mass is 212 g/mol. The quantitative estimate of drug-likeness (QED) is 0.727. The Hall–Kier alpha value is -1.32. The first kappa shape index (κ1) is 12.7. The first-order chi connectivity index (χ1) is 6.29. The van der Waals surface area contributed by atoms with Gasteiger partial charge in [0.15, 0.2) is 0 Å². The second-order valence-corrected chi connectivity index (χ2v) is 2.86. The molecule has 0 atom stereocenters. The molecule has 0 amide bonds. The lowest BCUT2D eigenvalue weighted by Gasteiger charge is -1.80. The van der Waals surface area contributed by atoms with Crippen LogP contribution in [0.3, 0.4) is 0 Å². The van der Waals surface area contributed by atoms with Gasteiger partial charge >= 0.3 is 0 Å². The Balaban J connectivity index is 0.000000227. The molecule has 0 fully saturated rings. The van der Waals surface area contributed by atoms with Crippen molar-refractivity contribution in [3.8, 4) is 0 Å². The summed E-state index contributed by atoms with van der Waals surface area (Å²) in [6.07, 6.45) is 1.62. The number of aryl methyl sites for hydroxylation is 1. The van der Waals surface area contributed by atoms with E-state index < -0.39 is 0 Å². The third kappa shape index (κ3) is 5.35. The lowest BCUT2D eigenvalue weighted by Crippen LogP contribution is -1.55. The van der Waals surface area contributed by atoms with Crippen LogP contribution in [0, 0.1) is 6.92 Å². The minimum Gasteiger partial charge on any atom is -0.362 e. The van der Waals surface area contributed by atoms with Crippen molar-refractivity contribution in [3.63, 3.8) is 0 Å². The third-order valence-corrected chi connectivity index (χ3v) is 1.55. The van der Waals surface area contributed by atoms with E-state index in [4.69, 9.17) is 11.6 Å². The van der Waals surface area contributed by atoms with Gasteiger partial charge < -0.3 is 10.7 Å². The molecule has 1 heterocycles. The summed E-state index contributed by atoms with van der Waals surface area (Å²) in [6, 6.07) is 11.2. The van der Waals surface area contributed by atoms with Gasteiger partial charge in [0.05, 0.1) is 6.20 Å². The minimum atomic E-state index is 0. The van der Waals surface area contributed by atoms with Crippen LogP contribution in [0.5, 0.6) is 0 Å². The summed E-state index contributed by atoms with van der Waals surface area (Å²) in [4.78, 5) is 0. The fraction of sp³-hybridized carbons (Fsp3) is 0.100. The van der Waals surface area contributed by atoms with Gasteiger partial charge in [0, 0.05) is 11.1 Å². The van der Waals surface area contributed by atoms with Gasteiger partial charge in [-0.15, -0.1) is 0 Å². The van der Waals surface area contributed by atoms with E-state index in [0.29, 0.717) is 0 Å². The van der Waals surface area contributed by atoms with E-state index in [2.05, 4.69) is 9.68 Å². The molecule has 0 unspecified atom stereocenters. The van der Waals surface area contributed by atoms with Gasteiger partial charge in [0.2, 0.25) is 0 Å². The smallest absolute Gasteiger partial charge is 0.133 e. The molecular weight excluding hydrogens is 200 g/mol. The summed E-state index contributed by atoms with van der Waals surface area (Å²) in [6.45, 7) is 1.85. The maximum Gasteiger partial charge on any atom is 0.133 e. The first-order valence-electron chi connectivity index (χ1n) is 3.87. The van der Waals surface area contributed by atoms with Crippen molar-refractivity contribution in [2.24, 2.45) is 0 Å². The van der Waals surface area contributed by atoms with Crippen molar-refractivity contribution < 1.29 is 4.52 Å². The second-order valence-electron chi connectivity index (χ2n) is 2.42. The molecule has 0 aliphatic rings. The van der Waals surface area contributed by atoms with Crippen molar-refractivity contribution in [2.45, 2.75) is 6.92 Å². The van der Waals surface area contributed by atoms with E-state index in [1.165, 1.54) is 0 Å². The van der Waals surface area contributed by atoms with E-state index in [-0.39, 0.29) is 6.15 Å². The number of halogens is 1. The molecule has 0 saturated carbocycles. The molecule has 76 valence electrons. The topological polar surface area (TPSA) is 61.0 Å². The molecule has 4 heteroatoms. The molecule has 0 bridgehead atoms. The average molecular weight is 213 g/mol. The Labute approximate surface area is 88.3 Å². The normalized spacial score (nSPS) is 8.14. The molecule has 0 radical (unpaired) electrons. The van der Waals surface area contributed by atoms with Crippen molar-refractivity contribution in [1.29, 1.82) is 0 Å². The molecule has 3 N–H and O–H groups in total. The highest BCUT2D eigenvalue weighted by Gasteiger charge is 1.78. The molecule has 3 nitrogen and oxygen atoms in total. The summed E-state index contributed by atoms with van der Waals surface area (Å²) >= 11 is 5.54. The maximum atomic E-state index is 5.54. The van der Waals surface area contributed by atoms with Gasteiger partial charge in [-0.2, -0.15) is 0 Å². The highest BCUT2D eigenvalue weighted by atomic mass is 35.5. The zero-order valence-corrected chi connectivity index (χ0v) is 8.74. The Morgan fingerprint density at radius 3 is 2.00 bits per heavy atom. The molecule has 0 spiro atoms. The molecule has 14 heavy (non-hydrogen) atoms. The Morgan fingerprint density at radius 1 is 1.14 bits per heavy atom. The van der Waals surface area contributed by atoms with Crippen molar-refractivity contribution >= 4 is 11.6 Å². The average Bonchev–Trinajstić information content (AvgIpc) is 2.58. The number of aromatic nitrogens is 1. The number of rotatable bonds is 0. The van der Waals surface area contributed by atoms with Crippen LogP contribution in [0.2, 0.25) is 5.02 Å². The lowest BCUT2D eigenvalue weighted by atomic mass is 10.4. The number of hydrogen-bond acceptors (Lipinski definition) is 3. The molecule has 2 aromatic rings. The Morgan fingerprint density at radius 2 is 1.79 bits per heavy atom. The van der Waals surface area contributed by atoms with Crippen LogP contribution >= 0.6 is 11.6 Å². The fourth-order valence-corrected chi connectivity index (χ4v) is 0.840. The second kappa shape index (κ2) is 7.12. The van der Waals surface area contributed by atoms with Crippen LogP contribution in [-0.2, 0) is 0 Å². The maximum absolute atomic E-state index is 5.54. The molecule has 1 aromatic carbocycles. The zero-order chi connectivity index (χ0) is 9.52. The fourth-order valence-electron chi connectivity index (χ4n) is 0.694. The van der Waals surface area contributed by atoms with Crippen molar-refractivity contribution in [2.75, 3.05) is 0 Å². The van der Waals surface area contributed by atoms with Crippen molar-refractivity contribution in [1.82, 2.24) is 11.3 Å². The summed E-state index contributed by atoms with van der Waals surface area (Å²) < 4.78 is 4.58. The summed E-state index contributed by atoms with van der Waals surface area (Å²) in [5, 5.41) is 4.24. The SMILES string of the molecule is Cc1ccno1.Clc1ccccc1.N. The summed E-state index contributed by atoms with van der Waals surface area (Å²) in [7, 11) is 0. The predicted octanol–water partition coefficient (Wildman–Crippen LogP) is 3.49.